The minimum atomic E-state index is 0.253. The zero-order chi connectivity index (χ0) is 12.3. The molecule has 1 aromatic heterocycles. The second-order valence-corrected chi connectivity index (χ2v) is 4.64. The van der Waals surface area contributed by atoms with Crippen LogP contribution in [0.5, 0.6) is 0 Å². The Morgan fingerprint density at radius 3 is 2.82 bits per heavy atom. The molecule has 5 nitrogen and oxygen atoms in total. The molecule has 1 heterocycles. The number of nitrogens with zero attached hydrogens (tertiary/aromatic N) is 3. The minimum Gasteiger partial charge on any atom is -0.407 e. The van der Waals surface area contributed by atoms with Gasteiger partial charge in [0.1, 0.15) is 5.88 Å². The van der Waals surface area contributed by atoms with E-state index in [-0.39, 0.29) is 5.88 Å². The highest BCUT2D eigenvalue weighted by molar-refractivity contribution is 6.16. The molecule has 1 saturated carbocycles. The highest BCUT2D eigenvalue weighted by Crippen LogP contribution is 2.36. The summed E-state index contributed by atoms with van der Waals surface area (Å²) in [4.78, 5) is 2.12. The van der Waals surface area contributed by atoms with E-state index >= 15 is 0 Å². The topological polar surface area (TPSA) is 51.4 Å². The Morgan fingerprint density at radius 2 is 2.29 bits per heavy atom. The van der Waals surface area contributed by atoms with Crippen LogP contribution in [0.25, 0.3) is 0 Å². The molecule has 17 heavy (non-hydrogen) atoms. The summed E-state index contributed by atoms with van der Waals surface area (Å²) in [5, 5.41) is 7.94. The summed E-state index contributed by atoms with van der Waals surface area (Å²) in [6, 6.07) is 0.964. The molecule has 1 unspecified atom stereocenters. The van der Waals surface area contributed by atoms with E-state index in [0.29, 0.717) is 24.6 Å². The lowest BCUT2D eigenvalue weighted by Gasteiger charge is -2.26. The predicted octanol–water partition coefficient (Wildman–Crippen LogP) is 2.06. The van der Waals surface area contributed by atoms with Crippen LogP contribution in [-0.4, -0.2) is 36.5 Å². The van der Waals surface area contributed by atoms with E-state index in [2.05, 4.69) is 22.0 Å². The van der Waals surface area contributed by atoms with E-state index in [4.69, 9.17) is 20.8 Å². The Morgan fingerprint density at radius 1 is 1.53 bits per heavy atom. The van der Waals surface area contributed by atoms with Crippen LogP contribution < -0.4 is 4.90 Å². The molecule has 1 aliphatic carbocycles. The molecule has 1 fully saturated rings. The van der Waals surface area contributed by atoms with Crippen LogP contribution in [0.1, 0.15) is 25.7 Å². The largest absolute Gasteiger partial charge is 0.407 e. The molecule has 0 bridgehead atoms. The number of methoxy groups -OCH3 is 1. The maximum Gasteiger partial charge on any atom is 0.318 e. The molecule has 0 aliphatic heterocycles. The smallest absolute Gasteiger partial charge is 0.318 e. The minimum absolute atomic E-state index is 0.253. The number of hydrogen-bond donors (Lipinski definition) is 0. The van der Waals surface area contributed by atoms with Gasteiger partial charge in [0.25, 0.3) is 0 Å². The number of halogens is 1. The molecule has 0 N–H and O–H groups in total. The van der Waals surface area contributed by atoms with Crippen molar-refractivity contribution < 1.29 is 9.15 Å². The predicted molar refractivity (Wildman–Crippen MR) is 65.3 cm³/mol. The van der Waals surface area contributed by atoms with E-state index in [0.717, 1.165) is 12.5 Å². The normalized spacial score (nSPS) is 17.1. The summed E-state index contributed by atoms with van der Waals surface area (Å²) < 4.78 is 10.6. The quantitative estimate of drug-likeness (QED) is 0.702. The molecule has 96 valence electrons. The lowest BCUT2D eigenvalue weighted by molar-refractivity contribution is 0.201. The number of aromatic nitrogens is 2. The lowest BCUT2D eigenvalue weighted by Crippen LogP contribution is -2.37. The molecule has 6 heteroatoms. The monoisotopic (exact) mass is 259 g/mol. The zero-order valence-corrected chi connectivity index (χ0v) is 11.0. The first-order chi connectivity index (χ1) is 8.26. The van der Waals surface area contributed by atoms with Gasteiger partial charge in [0, 0.05) is 19.7 Å². The first-order valence-electron chi connectivity index (χ1n) is 5.90. The second kappa shape index (κ2) is 5.69. The van der Waals surface area contributed by atoms with Gasteiger partial charge in [-0.25, -0.2) is 0 Å². The Kier molecular flexibility index (Phi) is 4.23. The van der Waals surface area contributed by atoms with Gasteiger partial charge in [-0.05, 0) is 25.7 Å². The average molecular weight is 260 g/mol. The Labute approximate surface area is 106 Å². The fourth-order valence-corrected chi connectivity index (χ4v) is 2.02. The SMILES string of the molecule is COCCN(c1nnc(CCl)o1)C(C)C1CC1. The molecule has 1 aromatic rings. The number of hydrogen-bond acceptors (Lipinski definition) is 5. The highest BCUT2D eigenvalue weighted by Gasteiger charge is 2.34. The molecule has 2 rings (SSSR count). The first kappa shape index (κ1) is 12.6. The third-order valence-electron chi connectivity index (χ3n) is 3.15. The number of ether oxygens (including phenoxy) is 1. The van der Waals surface area contributed by atoms with Crippen molar-refractivity contribution >= 4 is 17.6 Å². The summed E-state index contributed by atoms with van der Waals surface area (Å²) in [5.41, 5.74) is 0. The van der Waals surface area contributed by atoms with Gasteiger partial charge in [-0.2, -0.15) is 0 Å². The molecule has 0 radical (unpaired) electrons. The Balaban J connectivity index is 2.07. The number of rotatable bonds is 7. The number of anilines is 1. The summed E-state index contributed by atoms with van der Waals surface area (Å²) in [6.07, 6.45) is 2.56. The van der Waals surface area contributed by atoms with Crippen LogP contribution in [-0.2, 0) is 10.6 Å². The van der Waals surface area contributed by atoms with Crippen LogP contribution in [0.15, 0.2) is 4.42 Å². The molecular formula is C11H18ClN3O2. The molecule has 0 amide bonds. The first-order valence-corrected chi connectivity index (χ1v) is 6.43. The van der Waals surface area contributed by atoms with Crippen molar-refractivity contribution in [3.8, 4) is 0 Å². The van der Waals surface area contributed by atoms with Crippen molar-refractivity contribution in [2.24, 2.45) is 5.92 Å². The highest BCUT2D eigenvalue weighted by atomic mass is 35.5. The van der Waals surface area contributed by atoms with Crippen LogP contribution in [0.2, 0.25) is 0 Å². The van der Waals surface area contributed by atoms with Gasteiger partial charge in [0.2, 0.25) is 5.89 Å². The van der Waals surface area contributed by atoms with Gasteiger partial charge in [-0.15, -0.1) is 16.7 Å². The molecule has 1 atom stereocenters. The van der Waals surface area contributed by atoms with Crippen molar-refractivity contribution in [1.29, 1.82) is 0 Å². The average Bonchev–Trinajstić information content (AvgIpc) is 3.09. The van der Waals surface area contributed by atoms with Crippen LogP contribution >= 0.6 is 11.6 Å². The molecule has 0 saturated heterocycles. The van der Waals surface area contributed by atoms with Gasteiger partial charge < -0.3 is 14.1 Å². The van der Waals surface area contributed by atoms with Gasteiger partial charge in [0.05, 0.1) is 6.61 Å². The summed E-state index contributed by atoms with van der Waals surface area (Å²) >= 11 is 5.66. The Bertz CT molecular complexity index is 354. The fourth-order valence-electron chi connectivity index (χ4n) is 1.91. The third-order valence-corrected chi connectivity index (χ3v) is 3.38. The Hall–Kier alpha value is -0.810. The molecule has 0 spiro atoms. The van der Waals surface area contributed by atoms with E-state index in [1.54, 1.807) is 7.11 Å². The molecular weight excluding hydrogens is 242 g/mol. The van der Waals surface area contributed by atoms with Crippen molar-refractivity contribution in [3.63, 3.8) is 0 Å². The van der Waals surface area contributed by atoms with Crippen LogP contribution in [0.3, 0.4) is 0 Å². The van der Waals surface area contributed by atoms with Gasteiger partial charge in [-0.1, -0.05) is 5.10 Å². The van der Waals surface area contributed by atoms with E-state index < -0.39 is 0 Å². The van der Waals surface area contributed by atoms with Crippen LogP contribution in [0.4, 0.5) is 6.01 Å². The number of alkyl halides is 1. The van der Waals surface area contributed by atoms with Crippen molar-refractivity contribution in [2.45, 2.75) is 31.7 Å². The van der Waals surface area contributed by atoms with Gasteiger partial charge in [0.15, 0.2) is 0 Å². The van der Waals surface area contributed by atoms with Crippen molar-refractivity contribution in [2.75, 3.05) is 25.2 Å². The van der Waals surface area contributed by atoms with E-state index in [9.17, 15) is 0 Å². The maximum absolute atomic E-state index is 5.66. The van der Waals surface area contributed by atoms with E-state index in [1.165, 1.54) is 12.8 Å². The maximum atomic E-state index is 5.66. The van der Waals surface area contributed by atoms with Gasteiger partial charge in [-0.3, -0.25) is 0 Å². The van der Waals surface area contributed by atoms with Gasteiger partial charge >= 0.3 is 6.01 Å². The summed E-state index contributed by atoms with van der Waals surface area (Å²) in [5.74, 6) is 1.45. The fraction of sp³-hybridized carbons (Fsp3) is 0.818. The summed E-state index contributed by atoms with van der Waals surface area (Å²) in [6.45, 7) is 3.60. The van der Waals surface area contributed by atoms with Crippen LogP contribution in [0, 0.1) is 5.92 Å². The second-order valence-electron chi connectivity index (χ2n) is 4.38. The van der Waals surface area contributed by atoms with Crippen molar-refractivity contribution in [3.05, 3.63) is 5.89 Å². The van der Waals surface area contributed by atoms with Crippen molar-refractivity contribution in [1.82, 2.24) is 10.2 Å². The third kappa shape index (κ3) is 3.10. The molecule has 0 aromatic carbocycles. The zero-order valence-electron chi connectivity index (χ0n) is 10.2. The lowest BCUT2D eigenvalue weighted by atomic mass is 10.2. The molecule has 1 aliphatic rings. The standard InChI is InChI=1S/C11H18ClN3O2/c1-8(9-3-4-9)15(5-6-16-2)11-14-13-10(7-12)17-11/h8-9H,3-7H2,1-2H3. The van der Waals surface area contributed by atoms with E-state index in [1.807, 2.05) is 0 Å². The summed E-state index contributed by atoms with van der Waals surface area (Å²) in [7, 11) is 1.69.